The van der Waals surface area contributed by atoms with E-state index in [2.05, 4.69) is 54.5 Å². The number of benzene rings is 1. The lowest BCUT2D eigenvalue weighted by Gasteiger charge is -2.31. The Morgan fingerprint density at radius 3 is 2.58 bits per heavy atom. The third-order valence-corrected chi connectivity index (χ3v) is 4.25. The van der Waals surface area contributed by atoms with Crippen molar-refractivity contribution in [2.75, 3.05) is 26.7 Å². The summed E-state index contributed by atoms with van der Waals surface area (Å²) in [5.41, 5.74) is 1.42. The Morgan fingerprint density at radius 1 is 1.26 bits per heavy atom. The summed E-state index contributed by atoms with van der Waals surface area (Å²) in [6, 6.07) is 11.3. The Hall–Kier alpha value is -0.860. The van der Waals surface area contributed by atoms with Gasteiger partial charge in [0.2, 0.25) is 0 Å². The van der Waals surface area contributed by atoms with Crippen LogP contribution < -0.4 is 5.32 Å². The minimum atomic E-state index is 0.495. The van der Waals surface area contributed by atoms with Gasteiger partial charge in [-0.15, -0.1) is 0 Å². The summed E-state index contributed by atoms with van der Waals surface area (Å²) in [6.45, 7) is 5.69. The van der Waals surface area contributed by atoms with Gasteiger partial charge in [-0.25, -0.2) is 0 Å². The second kappa shape index (κ2) is 7.66. The zero-order chi connectivity index (χ0) is 13.5. The topological polar surface area (TPSA) is 15.3 Å². The highest BCUT2D eigenvalue weighted by molar-refractivity contribution is 5.18. The lowest BCUT2D eigenvalue weighted by molar-refractivity contribution is 0.199. The van der Waals surface area contributed by atoms with Crippen LogP contribution in [0.3, 0.4) is 0 Å². The summed E-state index contributed by atoms with van der Waals surface area (Å²) >= 11 is 0. The molecule has 1 aromatic carbocycles. The van der Waals surface area contributed by atoms with Gasteiger partial charge in [0.05, 0.1) is 0 Å². The number of hydrogen-bond donors (Lipinski definition) is 1. The molecule has 1 fully saturated rings. The molecule has 2 rings (SSSR count). The molecule has 19 heavy (non-hydrogen) atoms. The normalized spacial score (nSPS) is 17.4. The molecule has 1 aromatic rings. The van der Waals surface area contributed by atoms with Gasteiger partial charge in [0.1, 0.15) is 0 Å². The summed E-state index contributed by atoms with van der Waals surface area (Å²) in [4.78, 5) is 2.51. The molecule has 0 aliphatic heterocycles. The van der Waals surface area contributed by atoms with Gasteiger partial charge in [-0.05, 0) is 50.9 Å². The predicted octanol–water partition coefficient (Wildman–Crippen LogP) is 3.46. The molecule has 0 amide bonds. The summed E-state index contributed by atoms with van der Waals surface area (Å²) < 4.78 is 0. The molecule has 0 aromatic heterocycles. The number of hydrogen-bond acceptors (Lipinski definition) is 2. The lowest BCUT2D eigenvalue weighted by Crippen LogP contribution is -2.32. The van der Waals surface area contributed by atoms with E-state index in [4.69, 9.17) is 0 Å². The minimum absolute atomic E-state index is 0.495. The van der Waals surface area contributed by atoms with Gasteiger partial charge in [0.25, 0.3) is 0 Å². The standard InChI is InChI=1S/C17H28N2/c1-3-18-17(16-10-5-4-6-11-16)12-13-19(2)14-15-8-7-9-15/h4-6,10-11,15,17-18H,3,7-9,12-14H2,1-2H3. The second-order valence-corrected chi connectivity index (χ2v) is 5.87. The maximum absolute atomic E-state index is 3.61. The zero-order valence-corrected chi connectivity index (χ0v) is 12.4. The molecule has 0 bridgehead atoms. The molecule has 0 spiro atoms. The molecule has 1 N–H and O–H groups in total. The fourth-order valence-electron chi connectivity index (χ4n) is 2.88. The maximum atomic E-state index is 3.61. The highest BCUT2D eigenvalue weighted by Crippen LogP contribution is 2.27. The lowest BCUT2D eigenvalue weighted by atomic mass is 9.85. The van der Waals surface area contributed by atoms with Gasteiger partial charge in [0, 0.05) is 12.6 Å². The highest BCUT2D eigenvalue weighted by Gasteiger charge is 2.19. The average molecular weight is 260 g/mol. The van der Waals surface area contributed by atoms with Gasteiger partial charge in [-0.3, -0.25) is 0 Å². The van der Waals surface area contributed by atoms with Gasteiger partial charge in [-0.1, -0.05) is 43.7 Å². The predicted molar refractivity (Wildman–Crippen MR) is 82.3 cm³/mol. The van der Waals surface area contributed by atoms with E-state index < -0.39 is 0 Å². The molecule has 0 radical (unpaired) electrons. The first-order valence-electron chi connectivity index (χ1n) is 7.76. The van der Waals surface area contributed by atoms with Crippen molar-refractivity contribution < 1.29 is 0 Å². The fraction of sp³-hybridized carbons (Fsp3) is 0.647. The molecule has 2 heteroatoms. The van der Waals surface area contributed by atoms with Crippen molar-refractivity contribution >= 4 is 0 Å². The zero-order valence-electron chi connectivity index (χ0n) is 12.4. The molecular weight excluding hydrogens is 232 g/mol. The Labute approximate surface area is 118 Å². The Kier molecular flexibility index (Phi) is 5.87. The first-order chi connectivity index (χ1) is 9.29. The van der Waals surface area contributed by atoms with E-state index >= 15 is 0 Å². The molecule has 106 valence electrons. The van der Waals surface area contributed by atoms with Crippen LogP contribution in [0.1, 0.15) is 44.2 Å². The largest absolute Gasteiger partial charge is 0.310 e. The monoisotopic (exact) mass is 260 g/mol. The van der Waals surface area contributed by atoms with Crippen molar-refractivity contribution in [1.82, 2.24) is 10.2 Å². The van der Waals surface area contributed by atoms with Crippen molar-refractivity contribution in [2.24, 2.45) is 5.92 Å². The molecule has 2 nitrogen and oxygen atoms in total. The minimum Gasteiger partial charge on any atom is -0.310 e. The van der Waals surface area contributed by atoms with Crippen LogP contribution in [0.25, 0.3) is 0 Å². The third kappa shape index (κ3) is 4.63. The molecule has 0 saturated heterocycles. The van der Waals surface area contributed by atoms with Crippen molar-refractivity contribution in [3.63, 3.8) is 0 Å². The quantitative estimate of drug-likeness (QED) is 0.770. The van der Waals surface area contributed by atoms with Crippen molar-refractivity contribution in [1.29, 1.82) is 0 Å². The molecule has 1 unspecified atom stereocenters. The van der Waals surface area contributed by atoms with Crippen molar-refractivity contribution in [2.45, 2.75) is 38.6 Å². The summed E-state index contributed by atoms with van der Waals surface area (Å²) in [7, 11) is 2.27. The van der Waals surface area contributed by atoms with Gasteiger partial charge >= 0.3 is 0 Å². The SMILES string of the molecule is CCNC(CCN(C)CC1CCC1)c1ccccc1. The van der Waals surface area contributed by atoms with Crippen molar-refractivity contribution in [3.8, 4) is 0 Å². The molecule has 1 atom stereocenters. The molecule has 1 saturated carbocycles. The van der Waals surface area contributed by atoms with E-state index in [1.54, 1.807) is 0 Å². The first kappa shape index (κ1) is 14.5. The Bertz CT molecular complexity index is 346. The van der Waals surface area contributed by atoms with Gasteiger partial charge in [0.15, 0.2) is 0 Å². The number of nitrogens with one attached hydrogen (secondary N) is 1. The van der Waals surface area contributed by atoms with Gasteiger partial charge in [-0.2, -0.15) is 0 Å². The molecule has 1 aliphatic rings. The van der Waals surface area contributed by atoms with E-state index in [1.807, 2.05) is 0 Å². The number of nitrogens with zero attached hydrogens (tertiary/aromatic N) is 1. The molecule has 1 aliphatic carbocycles. The Morgan fingerprint density at radius 2 is 2.00 bits per heavy atom. The Balaban J connectivity index is 1.79. The van der Waals surface area contributed by atoms with E-state index in [9.17, 15) is 0 Å². The van der Waals surface area contributed by atoms with Gasteiger partial charge < -0.3 is 10.2 Å². The van der Waals surface area contributed by atoms with E-state index in [0.29, 0.717) is 6.04 Å². The molecule has 0 heterocycles. The first-order valence-corrected chi connectivity index (χ1v) is 7.76. The maximum Gasteiger partial charge on any atom is 0.0332 e. The van der Waals surface area contributed by atoms with Crippen LogP contribution in [0.2, 0.25) is 0 Å². The van der Waals surface area contributed by atoms with Crippen LogP contribution >= 0.6 is 0 Å². The van der Waals surface area contributed by atoms with Crippen molar-refractivity contribution in [3.05, 3.63) is 35.9 Å². The highest BCUT2D eigenvalue weighted by atomic mass is 15.1. The summed E-state index contributed by atoms with van der Waals surface area (Å²) in [6.07, 6.45) is 5.53. The fourth-order valence-corrected chi connectivity index (χ4v) is 2.88. The average Bonchev–Trinajstić information content (AvgIpc) is 2.40. The van der Waals surface area contributed by atoms with E-state index in [1.165, 1.54) is 44.3 Å². The number of rotatable bonds is 8. The van der Waals surface area contributed by atoms with Crippen LogP contribution in [-0.4, -0.2) is 31.6 Å². The summed E-state index contributed by atoms with van der Waals surface area (Å²) in [5.74, 6) is 0.972. The third-order valence-electron chi connectivity index (χ3n) is 4.25. The van der Waals surface area contributed by atoms with E-state index in [0.717, 1.165) is 12.5 Å². The van der Waals surface area contributed by atoms with Crippen LogP contribution in [0, 0.1) is 5.92 Å². The van der Waals surface area contributed by atoms with E-state index in [-0.39, 0.29) is 0 Å². The smallest absolute Gasteiger partial charge is 0.0332 e. The van der Waals surface area contributed by atoms with Crippen LogP contribution in [0.5, 0.6) is 0 Å². The van der Waals surface area contributed by atoms with Crippen LogP contribution in [0.4, 0.5) is 0 Å². The molecular formula is C17H28N2. The van der Waals surface area contributed by atoms with Crippen LogP contribution in [-0.2, 0) is 0 Å². The summed E-state index contributed by atoms with van der Waals surface area (Å²) in [5, 5.41) is 3.61. The second-order valence-electron chi connectivity index (χ2n) is 5.87. The van der Waals surface area contributed by atoms with Crippen LogP contribution in [0.15, 0.2) is 30.3 Å².